The average Bonchev–Trinajstić information content (AvgIpc) is 3.27. The van der Waals surface area contributed by atoms with Crippen molar-refractivity contribution in [2.75, 3.05) is 36.5 Å². The zero-order valence-electron chi connectivity index (χ0n) is 14.9. The van der Waals surface area contributed by atoms with Gasteiger partial charge < -0.3 is 15.0 Å². The van der Waals surface area contributed by atoms with Gasteiger partial charge in [-0.05, 0) is 30.3 Å². The highest BCUT2D eigenvalue weighted by Gasteiger charge is 2.17. The highest BCUT2D eigenvalue weighted by Crippen LogP contribution is 2.39. The molecule has 0 bridgehead atoms. The molecule has 7 heteroatoms. The molecule has 1 saturated heterocycles. The van der Waals surface area contributed by atoms with Gasteiger partial charge in [-0.2, -0.15) is 0 Å². The molecule has 1 aliphatic rings. The second-order valence-electron chi connectivity index (χ2n) is 6.62. The summed E-state index contributed by atoms with van der Waals surface area (Å²) in [5.74, 6) is -0.547. The Morgan fingerprint density at radius 1 is 1.04 bits per heavy atom. The fraction of sp³-hybridized carbons (Fsp3) is 0.190. The summed E-state index contributed by atoms with van der Waals surface area (Å²) in [7, 11) is 0. The van der Waals surface area contributed by atoms with Gasteiger partial charge in [-0.1, -0.05) is 18.2 Å². The molecule has 1 aliphatic heterocycles. The van der Waals surface area contributed by atoms with Crippen molar-refractivity contribution in [1.29, 1.82) is 0 Å². The van der Waals surface area contributed by atoms with Crippen LogP contribution in [0.3, 0.4) is 0 Å². The van der Waals surface area contributed by atoms with E-state index in [4.69, 9.17) is 4.74 Å². The second-order valence-corrected chi connectivity index (χ2v) is 8.76. The van der Waals surface area contributed by atoms with Crippen molar-refractivity contribution >= 4 is 59.4 Å². The van der Waals surface area contributed by atoms with Crippen molar-refractivity contribution in [3.05, 3.63) is 59.2 Å². The van der Waals surface area contributed by atoms with Crippen molar-refractivity contribution in [2.24, 2.45) is 0 Å². The predicted octanol–water partition coefficient (Wildman–Crippen LogP) is 5.34. The molecule has 142 valence electrons. The van der Waals surface area contributed by atoms with Gasteiger partial charge in [-0.25, -0.2) is 4.39 Å². The number of rotatable bonds is 3. The minimum atomic E-state index is -0.335. The number of fused-ring (bicyclic) bond motifs is 3. The monoisotopic (exact) mass is 412 g/mol. The number of carbonyl (C=O) groups excluding carboxylic acids is 1. The number of ether oxygens (including phenoxy) is 1. The molecule has 5 rings (SSSR count). The van der Waals surface area contributed by atoms with E-state index in [9.17, 15) is 9.18 Å². The van der Waals surface area contributed by atoms with E-state index in [-0.39, 0.29) is 11.7 Å². The van der Waals surface area contributed by atoms with E-state index in [2.05, 4.69) is 17.4 Å². The summed E-state index contributed by atoms with van der Waals surface area (Å²) in [5, 5.41) is 3.99. The van der Waals surface area contributed by atoms with Crippen LogP contribution in [0.15, 0.2) is 48.5 Å². The van der Waals surface area contributed by atoms with Crippen LogP contribution in [-0.2, 0) is 4.74 Å². The lowest BCUT2D eigenvalue weighted by molar-refractivity contribution is 0.103. The van der Waals surface area contributed by atoms with Crippen LogP contribution in [0.25, 0.3) is 19.5 Å². The van der Waals surface area contributed by atoms with E-state index in [0.29, 0.717) is 42.6 Å². The van der Waals surface area contributed by atoms with Crippen LogP contribution in [-0.4, -0.2) is 32.2 Å². The molecule has 28 heavy (non-hydrogen) atoms. The normalized spacial score (nSPS) is 14.7. The number of thiophene rings is 2. The molecule has 2 aromatic carbocycles. The summed E-state index contributed by atoms with van der Waals surface area (Å²) in [4.78, 5) is 15.3. The Kier molecular flexibility index (Phi) is 4.50. The van der Waals surface area contributed by atoms with Gasteiger partial charge in [0.2, 0.25) is 0 Å². The number of halogens is 1. The lowest BCUT2D eigenvalue weighted by Gasteiger charge is -2.29. The van der Waals surface area contributed by atoms with E-state index in [1.165, 1.54) is 27.5 Å². The summed E-state index contributed by atoms with van der Waals surface area (Å²) in [6.45, 7) is 2.54. The maximum Gasteiger partial charge on any atom is 0.265 e. The second kappa shape index (κ2) is 7.16. The lowest BCUT2D eigenvalue weighted by atomic mass is 10.2. The molecule has 0 unspecified atom stereocenters. The molecule has 0 radical (unpaired) electrons. The van der Waals surface area contributed by atoms with Crippen LogP contribution in [0.1, 0.15) is 9.67 Å². The summed E-state index contributed by atoms with van der Waals surface area (Å²) >= 11 is 3.15. The molecule has 1 amide bonds. The minimum Gasteiger partial charge on any atom is -0.378 e. The van der Waals surface area contributed by atoms with Crippen LogP contribution in [0.4, 0.5) is 15.8 Å². The average molecular weight is 413 g/mol. The number of hydrogen-bond donors (Lipinski definition) is 1. The van der Waals surface area contributed by atoms with Crippen molar-refractivity contribution in [1.82, 2.24) is 0 Å². The van der Waals surface area contributed by atoms with Gasteiger partial charge in [0.1, 0.15) is 5.82 Å². The van der Waals surface area contributed by atoms with E-state index in [1.54, 1.807) is 23.5 Å². The SMILES string of the molecule is O=C(Nc1ccc(N2CCOCC2)c(F)c1)c1cc2sc3ccccc3c2s1. The highest BCUT2D eigenvalue weighted by molar-refractivity contribution is 7.33. The number of morpholine rings is 1. The van der Waals surface area contributed by atoms with Crippen LogP contribution < -0.4 is 10.2 Å². The maximum absolute atomic E-state index is 14.6. The molecule has 4 aromatic rings. The first-order chi connectivity index (χ1) is 13.7. The van der Waals surface area contributed by atoms with Gasteiger partial charge in [0.05, 0.1) is 28.5 Å². The quantitative estimate of drug-likeness (QED) is 0.494. The Balaban J connectivity index is 1.37. The standard InChI is InChI=1S/C21H17FN2O2S2/c22-15-11-13(5-6-16(15)24-7-9-26-10-8-24)23-21(25)19-12-18-20(28-19)14-3-1-2-4-17(14)27-18/h1-6,11-12H,7-10H2,(H,23,25). The van der Waals surface area contributed by atoms with Crippen molar-refractivity contribution in [3.63, 3.8) is 0 Å². The fourth-order valence-electron chi connectivity index (χ4n) is 3.45. The molecule has 0 atom stereocenters. The van der Waals surface area contributed by atoms with Gasteiger partial charge in [0.15, 0.2) is 0 Å². The summed E-state index contributed by atoms with van der Waals surface area (Å²) in [6, 6.07) is 15.0. The third kappa shape index (κ3) is 3.15. The number of nitrogens with one attached hydrogen (secondary N) is 1. The summed E-state index contributed by atoms with van der Waals surface area (Å²) in [5.41, 5.74) is 1.01. The van der Waals surface area contributed by atoms with E-state index in [1.807, 2.05) is 23.1 Å². The topological polar surface area (TPSA) is 41.6 Å². The molecule has 4 nitrogen and oxygen atoms in total. The molecular formula is C21H17FN2O2S2. The Morgan fingerprint density at radius 2 is 1.86 bits per heavy atom. The molecule has 2 aromatic heterocycles. The Hall–Kier alpha value is -2.48. The van der Waals surface area contributed by atoms with Gasteiger partial charge in [0, 0.05) is 33.6 Å². The Labute approximate surface area is 169 Å². The first kappa shape index (κ1) is 17.6. The summed E-state index contributed by atoms with van der Waals surface area (Å²) in [6.07, 6.45) is 0. The maximum atomic E-state index is 14.6. The number of anilines is 2. The molecule has 1 fully saturated rings. The fourth-order valence-corrected chi connectivity index (χ4v) is 5.87. The third-order valence-electron chi connectivity index (χ3n) is 4.83. The van der Waals surface area contributed by atoms with Crippen molar-refractivity contribution in [3.8, 4) is 0 Å². The van der Waals surface area contributed by atoms with Crippen molar-refractivity contribution < 1.29 is 13.9 Å². The van der Waals surface area contributed by atoms with Crippen molar-refractivity contribution in [2.45, 2.75) is 0 Å². The first-order valence-electron chi connectivity index (χ1n) is 9.04. The van der Waals surface area contributed by atoms with Crippen LogP contribution >= 0.6 is 22.7 Å². The Bertz CT molecular complexity index is 1180. The smallest absolute Gasteiger partial charge is 0.265 e. The molecule has 0 aliphatic carbocycles. The Morgan fingerprint density at radius 3 is 2.68 bits per heavy atom. The van der Waals surface area contributed by atoms with Crippen LogP contribution in [0, 0.1) is 5.82 Å². The van der Waals surface area contributed by atoms with Crippen LogP contribution in [0.2, 0.25) is 0 Å². The van der Waals surface area contributed by atoms with Crippen LogP contribution in [0.5, 0.6) is 0 Å². The number of hydrogen-bond acceptors (Lipinski definition) is 5. The van der Waals surface area contributed by atoms with Gasteiger partial charge in [-0.3, -0.25) is 4.79 Å². The third-order valence-corrected chi connectivity index (χ3v) is 7.24. The van der Waals surface area contributed by atoms with E-state index in [0.717, 1.165) is 9.40 Å². The highest BCUT2D eigenvalue weighted by atomic mass is 32.1. The molecule has 0 spiro atoms. The van der Waals surface area contributed by atoms with Gasteiger partial charge >= 0.3 is 0 Å². The number of nitrogens with zero attached hydrogens (tertiary/aromatic N) is 1. The number of carbonyl (C=O) groups is 1. The predicted molar refractivity (Wildman–Crippen MR) is 115 cm³/mol. The largest absolute Gasteiger partial charge is 0.378 e. The van der Waals surface area contributed by atoms with Gasteiger partial charge in [-0.15, -0.1) is 22.7 Å². The molecule has 3 heterocycles. The minimum absolute atomic E-state index is 0.212. The first-order valence-corrected chi connectivity index (χ1v) is 10.7. The zero-order chi connectivity index (χ0) is 19.1. The molecular weight excluding hydrogens is 395 g/mol. The van der Waals surface area contributed by atoms with Gasteiger partial charge in [0.25, 0.3) is 5.91 Å². The number of amides is 1. The lowest BCUT2D eigenvalue weighted by Crippen LogP contribution is -2.36. The van der Waals surface area contributed by atoms with E-state index >= 15 is 0 Å². The molecule has 1 N–H and O–H groups in total. The van der Waals surface area contributed by atoms with E-state index < -0.39 is 0 Å². The molecule has 0 saturated carbocycles. The number of benzene rings is 2. The summed E-state index contributed by atoms with van der Waals surface area (Å²) < 4.78 is 23.3. The zero-order valence-corrected chi connectivity index (χ0v) is 16.5.